The molecule has 1 fully saturated rings. The molecule has 0 saturated carbocycles. The normalized spacial score (nSPS) is 20.1. The van der Waals surface area contributed by atoms with Crippen LogP contribution in [0.3, 0.4) is 0 Å². The molecule has 0 bridgehead atoms. The largest absolute Gasteiger partial charge is 0.343 e. The van der Waals surface area contributed by atoms with Gasteiger partial charge in [-0.1, -0.05) is 68.5 Å². The standard InChI is InChI=1S/C23H18N2O4.2C12H11NO2/c26-20-12-13-21(27)24(20)18-8-5-16(6-9-18)14-15-2-1-3-17(7-4-15)25-22(28)11-10-19-23(25)29-19;2*1-2-9-3-5-10(6-4-9)13-11(14)7-8-12(13)15/h2-13,19,23H,1,14H2;2*3-8H,2H2,1H3. The van der Waals surface area contributed by atoms with E-state index >= 15 is 0 Å². The van der Waals surface area contributed by atoms with Crippen LogP contribution in [0.15, 0.2) is 157 Å². The summed E-state index contributed by atoms with van der Waals surface area (Å²) in [7, 11) is 0. The first kappa shape index (κ1) is 39.9. The van der Waals surface area contributed by atoms with Crippen molar-refractivity contribution in [3.63, 3.8) is 0 Å². The fourth-order valence-corrected chi connectivity index (χ4v) is 6.81. The van der Waals surface area contributed by atoms with E-state index in [2.05, 4.69) is 19.9 Å². The lowest BCUT2D eigenvalue weighted by atomic mass is 10.0. The van der Waals surface area contributed by atoms with Crippen molar-refractivity contribution in [2.45, 2.75) is 51.9 Å². The maximum Gasteiger partial charge on any atom is 0.258 e. The number of nitrogens with zero attached hydrogens (tertiary/aromatic N) is 4. The highest BCUT2D eigenvalue weighted by molar-refractivity contribution is 6.29. The Morgan fingerprint density at radius 1 is 0.475 bits per heavy atom. The maximum atomic E-state index is 12.2. The predicted molar refractivity (Wildman–Crippen MR) is 221 cm³/mol. The number of carbonyl (C=O) groups is 7. The summed E-state index contributed by atoms with van der Waals surface area (Å²) in [6, 6.07) is 22.3. The molecule has 0 aromatic heterocycles. The van der Waals surface area contributed by atoms with Gasteiger partial charge >= 0.3 is 0 Å². The van der Waals surface area contributed by atoms with Gasteiger partial charge in [0.2, 0.25) is 0 Å². The Kier molecular flexibility index (Phi) is 11.8. The fraction of sp³-hybridized carbons (Fsp3) is 0.170. The van der Waals surface area contributed by atoms with Crippen LogP contribution < -0.4 is 14.7 Å². The number of imide groups is 3. The van der Waals surface area contributed by atoms with Gasteiger partial charge in [-0.2, -0.15) is 0 Å². The third kappa shape index (κ3) is 8.98. The molecule has 5 aliphatic heterocycles. The zero-order valence-electron chi connectivity index (χ0n) is 32.4. The molecule has 9 rings (SSSR count). The molecular formula is C47H40N4O8. The van der Waals surface area contributed by atoms with Gasteiger partial charge in [0.05, 0.1) is 17.1 Å². The molecule has 296 valence electrons. The first-order valence-corrected chi connectivity index (χ1v) is 19.2. The third-order valence-corrected chi connectivity index (χ3v) is 10.1. The molecule has 0 radical (unpaired) electrons. The van der Waals surface area contributed by atoms with Crippen molar-refractivity contribution in [1.82, 2.24) is 4.90 Å². The van der Waals surface area contributed by atoms with E-state index in [-0.39, 0.29) is 53.7 Å². The second kappa shape index (κ2) is 17.5. The van der Waals surface area contributed by atoms with Crippen LogP contribution in [0.25, 0.3) is 0 Å². The highest BCUT2D eigenvalue weighted by Crippen LogP contribution is 2.35. The Labute approximate surface area is 341 Å². The summed E-state index contributed by atoms with van der Waals surface area (Å²) >= 11 is 0. The summed E-state index contributed by atoms with van der Waals surface area (Å²) in [6.07, 6.45) is 22.4. The van der Waals surface area contributed by atoms with Crippen molar-refractivity contribution in [3.05, 3.63) is 174 Å². The van der Waals surface area contributed by atoms with Crippen molar-refractivity contribution >= 4 is 58.4 Å². The molecule has 5 heterocycles. The van der Waals surface area contributed by atoms with Gasteiger partial charge < -0.3 is 4.74 Å². The lowest BCUT2D eigenvalue weighted by Gasteiger charge is -2.21. The Balaban J connectivity index is 0.000000148. The molecule has 12 heteroatoms. The molecule has 3 aromatic carbocycles. The number of allylic oxidation sites excluding steroid dienone is 5. The van der Waals surface area contributed by atoms with Gasteiger partial charge in [-0.3, -0.25) is 38.5 Å². The van der Waals surface area contributed by atoms with Crippen molar-refractivity contribution in [1.29, 1.82) is 0 Å². The quantitative estimate of drug-likeness (QED) is 0.203. The van der Waals surface area contributed by atoms with E-state index in [0.717, 1.165) is 41.0 Å². The summed E-state index contributed by atoms with van der Waals surface area (Å²) < 4.78 is 5.52. The molecule has 0 N–H and O–H groups in total. The Hall–Kier alpha value is -7.31. The highest BCUT2D eigenvalue weighted by atomic mass is 16.6. The second-order valence-electron chi connectivity index (χ2n) is 14.0. The topological polar surface area (TPSA) is 145 Å². The molecule has 2 unspecified atom stereocenters. The van der Waals surface area contributed by atoms with Gasteiger partial charge in [-0.25, -0.2) is 14.7 Å². The van der Waals surface area contributed by atoms with Gasteiger partial charge in [0, 0.05) is 48.2 Å². The van der Waals surface area contributed by atoms with Crippen LogP contribution in [-0.4, -0.2) is 58.6 Å². The van der Waals surface area contributed by atoms with E-state index < -0.39 is 0 Å². The zero-order valence-corrected chi connectivity index (χ0v) is 32.4. The number of anilines is 3. The summed E-state index contributed by atoms with van der Waals surface area (Å²) in [5, 5.41) is 0. The summed E-state index contributed by atoms with van der Waals surface area (Å²) in [6.45, 7) is 4.12. The van der Waals surface area contributed by atoms with Gasteiger partial charge in [0.25, 0.3) is 41.4 Å². The van der Waals surface area contributed by atoms with Crippen molar-refractivity contribution in [2.24, 2.45) is 0 Å². The number of ether oxygens (including phenoxy) is 1. The van der Waals surface area contributed by atoms with Crippen molar-refractivity contribution in [2.75, 3.05) is 14.7 Å². The minimum absolute atomic E-state index is 0.0146. The molecule has 1 saturated heterocycles. The van der Waals surface area contributed by atoms with Gasteiger partial charge in [0.15, 0.2) is 6.23 Å². The summed E-state index contributed by atoms with van der Waals surface area (Å²) in [4.78, 5) is 86.4. The van der Waals surface area contributed by atoms with E-state index in [1.54, 1.807) is 53.5 Å². The Bertz CT molecular complexity index is 2300. The SMILES string of the molecule is CCc1ccc(N2C(=O)C=CC2=O)cc1.CCc1ccc(N2C(=O)C=CC2=O)cc1.O=C1C=CC(=O)N1c1ccc(CC2=CCC=C(N3C(=O)C=CC4OC43)C=C2)cc1. The number of hydrogen-bond donors (Lipinski definition) is 0. The van der Waals surface area contributed by atoms with Gasteiger partial charge in [-0.15, -0.1) is 0 Å². The van der Waals surface area contributed by atoms with E-state index in [1.807, 2.05) is 54.6 Å². The molecule has 7 amide bonds. The van der Waals surface area contributed by atoms with Crippen LogP contribution in [0.5, 0.6) is 0 Å². The first-order chi connectivity index (χ1) is 28.5. The minimum Gasteiger partial charge on any atom is -0.343 e. The fourth-order valence-electron chi connectivity index (χ4n) is 6.81. The summed E-state index contributed by atoms with van der Waals surface area (Å²) in [5.41, 5.74) is 7.26. The molecule has 2 atom stereocenters. The van der Waals surface area contributed by atoms with Crippen LogP contribution >= 0.6 is 0 Å². The van der Waals surface area contributed by atoms with E-state index in [9.17, 15) is 33.6 Å². The smallest absolute Gasteiger partial charge is 0.258 e. The molecule has 3 aromatic rings. The first-order valence-electron chi connectivity index (χ1n) is 19.2. The number of rotatable bonds is 8. The lowest BCUT2D eigenvalue weighted by molar-refractivity contribution is -0.126. The lowest BCUT2D eigenvalue weighted by Crippen LogP contribution is -2.34. The number of epoxide rings is 1. The number of hydrogen-bond acceptors (Lipinski definition) is 8. The molecule has 0 spiro atoms. The zero-order chi connectivity index (χ0) is 41.6. The van der Waals surface area contributed by atoms with Gasteiger partial charge in [-0.05, 0) is 96.5 Å². The van der Waals surface area contributed by atoms with Crippen LogP contribution in [-0.2, 0) is 57.6 Å². The van der Waals surface area contributed by atoms with Crippen molar-refractivity contribution in [3.8, 4) is 0 Å². The number of amides is 7. The van der Waals surface area contributed by atoms with Crippen LogP contribution in [0.1, 0.15) is 37.0 Å². The number of benzene rings is 3. The average Bonchev–Trinajstić information content (AvgIpc) is 3.80. The predicted octanol–water partition coefficient (Wildman–Crippen LogP) is 5.91. The van der Waals surface area contributed by atoms with Crippen LogP contribution in [0.2, 0.25) is 0 Å². The van der Waals surface area contributed by atoms with Gasteiger partial charge in [0.1, 0.15) is 6.10 Å². The Morgan fingerprint density at radius 2 is 0.881 bits per heavy atom. The second-order valence-corrected chi connectivity index (χ2v) is 14.0. The monoisotopic (exact) mass is 788 g/mol. The average molecular weight is 789 g/mol. The molecule has 12 nitrogen and oxygen atoms in total. The third-order valence-electron chi connectivity index (χ3n) is 10.1. The number of fused-ring (bicyclic) bond motifs is 1. The van der Waals surface area contributed by atoms with E-state index in [4.69, 9.17) is 4.74 Å². The molecule has 59 heavy (non-hydrogen) atoms. The maximum absolute atomic E-state index is 12.2. The van der Waals surface area contributed by atoms with Crippen LogP contribution in [0.4, 0.5) is 17.1 Å². The van der Waals surface area contributed by atoms with E-state index in [1.165, 1.54) is 57.4 Å². The number of carbonyl (C=O) groups excluding carboxylic acids is 7. The Morgan fingerprint density at radius 3 is 1.29 bits per heavy atom. The van der Waals surface area contributed by atoms with Crippen molar-refractivity contribution < 1.29 is 38.3 Å². The highest BCUT2D eigenvalue weighted by Gasteiger charge is 2.47. The molecular weight excluding hydrogens is 749 g/mol. The molecule has 1 aliphatic carbocycles. The minimum atomic E-state index is -0.320. The van der Waals surface area contributed by atoms with E-state index in [0.29, 0.717) is 23.5 Å². The molecule has 6 aliphatic rings. The van der Waals surface area contributed by atoms with Crippen LogP contribution in [0, 0.1) is 0 Å². The summed E-state index contributed by atoms with van der Waals surface area (Å²) in [5.74, 6) is -1.79. The number of aryl methyl sites for hydroxylation is 2.